The number of nitrogens with one attached hydrogen (secondary N) is 2. The van der Waals surface area contributed by atoms with Crippen molar-refractivity contribution in [2.24, 2.45) is 5.92 Å². The number of carbonyl (C=O) groups is 1. The van der Waals surface area contributed by atoms with Crippen LogP contribution in [-0.4, -0.2) is 12.5 Å². The Hall–Kier alpha value is -1.22. The third-order valence-corrected chi connectivity index (χ3v) is 2.62. The molecule has 1 aliphatic heterocycles. The number of halogens is 1. The Bertz CT molecular complexity index is 378. The van der Waals surface area contributed by atoms with Gasteiger partial charge in [0.15, 0.2) is 0 Å². The van der Waals surface area contributed by atoms with Gasteiger partial charge in [0.25, 0.3) is 0 Å². The van der Waals surface area contributed by atoms with Crippen LogP contribution in [0, 0.1) is 5.92 Å². The molecule has 1 aromatic carbocycles. The largest absolute Gasteiger partial charge is 0.383 e. The van der Waals surface area contributed by atoms with E-state index in [2.05, 4.69) is 10.6 Å². The number of amides is 1. The van der Waals surface area contributed by atoms with E-state index in [1.54, 1.807) is 6.07 Å². The van der Waals surface area contributed by atoms with Crippen molar-refractivity contribution in [2.45, 2.75) is 6.92 Å². The van der Waals surface area contributed by atoms with E-state index >= 15 is 0 Å². The first-order valence-corrected chi connectivity index (χ1v) is 4.89. The average Bonchev–Trinajstić information content (AvgIpc) is 2.30. The van der Waals surface area contributed by atoms with Gasteiger partial charge in [0.1, 0.15) is 0 Å². The molecule has 14 heavy (non-hydrogen) atoms. The van der Waals surface area contributed by atoms with Crippen LogP contribution in [0.3, 0.4) is 0 Å². The summed E-state index contributed by atoms with van der Waals surface area (Å²) >= 11 is 5.97. The Kier molecular flexibility index (Phi) is 2.33. The summed E-state index contributed by atoms with van der Waals surface area (Å²) in [5.41, 5.74) is 1.57. The fourth-order valence-electron chi connectivity index (χ4n) is 1.40. The summed E-state index contributed by atoms with van der Waals surface area (Å²) < 4.78 is 0. The zero-order valence-electron chi connectivity index (χ0n) is 7.80. The summed E-state index contributed by atoms with van der Waals surface area (Å²) in [6.07, 6.45) is 0. The van der Waals surface area contributed by atoms with Crippen molar-refractivity contribution in [3.63, 3.8) is 0 Å². The van der Waals surface area contributed by atoms with Crippen LogP contribution in [0.1, 0.15) is 6.92 Å². The quantitative estimate of drug-likeness (QED) is 0.690. The summed E-state index contributed by atoms with van der Waals surface area (Å²) in [4.78, 5) is 11.5. The van der Waals surface area contributed by atoms with Gasteiger partial charge < -0.3 is 10.6 Å². The molecule has 0 aromatic heterocycles. The van der Waals surface area contributed by atoms with Crippen LogP contribution in [0.25, 0.3) is 0 Å². The van der Waals surface area contributed by atoms with Crippen LogP contribution in [0.2, 0.25) is 5.02 Å². The maximum absolute atomic E-state index is 11.5. The Morgan fingerprint density at radius 1 is 1.50 bits per heavy atom. The minimum atomic E-state index is -0.0431. The number of benzene rings is 1. The maximum atomic E-state index is 11.5. The maximum Gasteiger partial charge on any atom is 0.229 e. The molecular weight excluding hydrogens is 200 g/mol. The fraction of sp³-hybridized carbons (Fsp3) is 0.300. The predicted octanol–water partition coefficient (Wildman–Crippen LogP) is 2.34. The minimum absolute atomic E-state index is 0.00403. The topological polar surface area (TPSA) is 41.1 Å². The highest BCUT2D eigenvalue weighted by Gasteiger charge is 2.20. The lowest BCUT2D eigenvalue weighted by molar-refractivity contribution is -0.118. The van der Waals surface area contributed by atoms with E-state index < -0.39 is 0 Å². The van der Waals surface area contributed by atoms with Gasteiger partial charge in [-0.2, -0.15) is 0 Å². The minimum Gasteiger partial charge on any atom is -0.383 e. The van der Waals surface area contributed by atoms with E-state index in [0.717, 1.165) is 5.69 Å². The van der Waals surface area contributed by atoms with Crippen molar-refractivity contribution >= 4 is 28.9 Å². The zero-order chi connectivity index (χ0) is 10.1. The molecule has 0 fully saturated rings. The predicted molar refractivity (Wildman–Crippen MR) is 57.7 cm³/mol. The van der Waals surface area contributed by atoms with Gasteiger partial charge in [-0.1, -0.05) is 24.6 Å². The summed E-state index contributed by atoms with van der Waals surface area (Å²) in [7, 11) is 0. The molecule has 0 bridgehead atoms. The van der Waals surface area contributed by atoms with Crippen molar-refractivity contribution in [2.75, 3.05) is 17.2 Å². The molecule has 1 amide bonds. The molecule has 0 saturated carbocycles. The Morgan fingerprint density at radius 3 is 3.07 bits per heavy atom. The molecule has 0 saturated heterocycles. The Labute approximate surface area is 87.4 Å². The van der Waals surface area contributed by atoms with Crippen molar-refractivity contribution in [3.05, 3.63) is 23.2 Å². The van der Waals surface area contributed by atoms with Gasteiger partial charge in [-0.15, -0.1) is 0 Å². The average molecular weight is 211 g/mol. The normalized spacial score (nSPS) is 20.4. The molecule has 2 rings (SSSR count). The van der Waals surface area contributed by atoms with E-state index in [1.807, 2.05) is 19.1 Å². The second-order valence-electron chi connectivity index (χ2n) is 3.43. The first-order chi connectivity index (χ1) is 6.68. The highest BCUT2D eigenvalue weighted by Crippen LogP contribution is 2.32. The molecule has 1 aliphatic rings. The van der Waals surface area contributed by atoms with Gasteiger partial charge in [0.2, 0.25) is 5.91 Å². The lowest BCUT2D eigenvalue weighted by Gasteiger charge is -2.08. The summed E-state index contributed by atoms with van der Waals surface area (Å²) in [5, 5.41) is 6.55. The summed E-state index contributed by atoms with van der Waals surface area (Å²) in [5.74, 6) is -0.0391. The summed E-state index contributed by atoms with van der Waals surface area (Å²) in [6, 6.07) is 5.52. The Balaban J connectivity index is 2.43. The molecule has 2 N–H and O–H groups in total. The van der Waals surface area contributed by atoms with E-state index in [4.69, 9.17) is 11.6 Å². The van der Waals surface area contributed by atoms with E-state index in [9.17, 15) is 4.79 Å². The van der Waals surface area contributed by atoms with Gasteiger partial charge in [-0.05, 0) is 12.1 Å². The highest BCUT2D eigenvalue weighted by atomic mass is 35.5. The van der Waals surface area contributed by atoms with Gasteiger partial charge in [-0.3, -0.25) is 4.79 Å². The standard InChI is InChI=1S/C10H11ClN2O/c1-6-5-12-8-4-2-3-7(11)9(8)13-10(6)14/h2-4,6,12H,5H2,1H3,(H,13,14). The molecule has 0 radical (unpaired) electrons. The van der Waals surface area contributed by atoms with Crippen molar-refractivity contribution < 1.29 is 4.79 Å². The number of rotatable bonds is 0. The first-order valence-electron chi connectivity index (χ1n) is 4.51. The van der Waals surface area contributed by atoms with Crippen LogP contribution in [0.4, 0.5) is 11.4 Å². The molecule has 1 heterocycles. The van der Waals surface area contributed by atoms with Crippen LogP contribution >= 0.6 is 11.6 Å². The van der Waals surface area contributed by atoms with Crippen LogP contribution < -0.4 is 10.6 Å². The number of hydrogen-bond donors (Lipinski definition) is 2. The number of carbonyl (C=O) groups excluding carboxylic acids is 1. The first kappa shape index (κ1) is 9.34. The highest BCUT2D eigenvalue weighted by molar-refractivity contribution is 6.34. The van der Waals surface area contributed by atoms with Gasteiger partial charge >= 0.3 is 0 Å². The Morgan fingerprint density at radius 2 is 2.29 bits per heavy atom. The lowest BCUT2D eigenvalue weighted by Crippen LogP contribution is -2.22. The van der Waals surface area contributed by atoms with Crippen molar-refractivity contribution in [3.8, 4) is 0 Å². The number of para-hydroxylation sites is 1. The SMILES string of the molecule is CC1CNc2cccc(Cl)c2NC1=O. The molecule has 3 nitrogen and oxygen atoms in total. The van der Waals surface area contributed by atoms with Crippen LogP contribution in [0.5, 0.6) is 0 Å². The van der Waals surface area contributed by atoms with Crippen LogP contribution in [-0.2, 0) is 4.79 Å². The molecule has 1 atom stereocenters. The second kappa shape index (κ2) is 3.50. The van der Waals surface area contributed by atoms with Crippen LogP contribution in [0.15, 0.2) is 18.2 Å². The molecule has 1 unspecified atom stereocenters. The molecular formula is C10H11ClN2O. The van der Waals surface area contributed by atoms with Gasteiger partial charge in [-0.25, -0.2) is 0 Å². The molecule has 1 aromatic rings. The third kappa shape index (κ3) is 1.55. The number of hydrogen-bond acceptors (Lipinski definition) is 2. The monoisotopic (exact) mass is 210 g/mol. The third-order valence-electron chi connectivity index (χ3n) is 2.31. The molecule has 0 aliphatic carbocycles. The van der Waals surface area contributed by atoms with Gasteiger partial charge in [0, 0.05) is 6.54 Å². The zero-order valence-corrected chi connectivity index (χ0v) is 8.56. The smallest absolute Gasteiger partial charge is 0.229 e. The lowest BCUT2D eigenvalue weighted by atomic mass is 10.2. The van der Waals surface area contributed by atoms with E-state index in [-0.39, 0.29) is 11.8 Å². The molecule has 74 valence electrons. The molecule has 0 spiro atoms. The summed E-state index contributed by atoms with van der Waals surface area (Å²) in [6.45, 7) is 2.52. The number of fused-ring (bicyclic) bond motifs is 1. The van der Waals surface area contributed by atoms with Crippen molar-refractivity contribution in [1.82, 2.24) is 0 Å². The fourth-order valence-corrected chi connectivity index (χ4v) is 1.62. The second-order valence-corrected chi connectivity index (χ2v) is 3.84. The van der Waals surface area contributed by atoms with Crippen molar-refractivity contribution in [1.29, 1.82) is 0 Å². The molecule has 4 heteroatoms. The van der Waals surface area contributed by atoms with E-state index in [0.29, 0.717) is 17.3 Å². The van der Waals surface area contributed by atoms with Gasteiger partial charge in [0.05, 0.1) is 22.3 Å². The van der Waals surface area contributed by atoms with E-state index in [1.165, 1.54) is 0 Å². The number of anilines is 2.